The molecule has 11 heteroatoms. The molecular formula is C29H39F2N3O6. The van der Waals surface area contributed by atoms with Gasteiger partial charge in [0.05, 0.1) is 31.3 Å². The Balaban J connectivity index is 2.09. The molecule has 3 rings (SSSR count). The van der Waals surface area contributed by atoms with Crippen LogP contribution in [-0.4, -0.2) is 64.9 Å². The molecule has 0 saturated carbocycles. The van der Waals surface area contributed by atoms with E-state index >= 15 is 8.78 Å². The predicted molar refractivity (Wildman–Crippen MR) is 146 cm³/mol. The average molecular weight is 564 g/mol. The molecular weight excluding hydrogens is 524 g/mol. The van der Waals surface area contributed by atoms with Crippen molar-refractivity contribution < 1.29 is 37.3 Å². The fraction of sp³-hybridized carbons (Fsp3) is 0.586. The lowest BCUT2D eigenvalue weighted by atomic mass is 9.93. The Labute approximate surface area is 233 Å². The number of rotatable bonds is 10. The molecule has 40 heavy (non-hydrogen) atoms. The molecule has 0 aliphatic carbocycles. The minimum Gasteiger partial charge on any atom is -0.497 e. The number of carbonyl (C=O) groups is 2. The Morgan fingerprint density at radius 1 is 1.20 bits per heavy atom. The summed E-state index contributed by atoms with van der Waals surface area (Å²) in [7, 11) is 1.48. The van der Waals surface area contributed by atoms with Crippen LogP contribution >= 0.6 is 0 Å². The van der Waals surface area contributed by atoms with Crippen molar-refractivity contribution in [2.24, 2.45) is 11.8 Å². The smallest absolute Gasteiger partial charge is 0.411 e. The summed E-state index contributed by atoms with van der Waals surface area (Å²) in [6, 6.07) is 3.64. The number of halogens is 2. The van der Waals surface area contributed by atoms with Crippen molar-refractivity contribution >= 4 is 23.1 Å². The fourth-order valence-electron chi connectivity index (χ4n) is 4.51. The zero-order chi connectivity index (χ0) is 29.8. The summed E-state index contributed by atoms with van der Waals surface area (Å²) in [6.45, 7) is 14.2. The summed E-state index contributed by atoms with van der Waals surface area (Å²) < 4.78 is 52.6. The van der Waals surface area contributed by atoms with E-state index in [1.807, 2.05) is 20.8 Å². The molecule has 1 aliphatic rings. The van der Waals surface area contributed by atoms with E-state index in [-0.39, 0.29) is 30.1 Å². The van der Waals surface area contributed by atoms with E-state index in [1.54, 1.807) is 32.9 Å². The molecule has 1 amide bonds. The predicted octanol–water partition coefficient (Wildman–Crippen LogP) is 5.90. The Morgan fingerprint density at radius 3 is 2.48 bits per heavy atom. The zero-order valence-electron chi connectivity index (χ0n) is 24.2. The molecule has 0 spiro atoms. The fourth-order valence-corrected chi connectivity index (χ4v) is 4.51. The summed E-state index contributed by atoms with van der Waals surface area (Å²) in [5, 5.41) is 0. The molecule has 220 valence electrons. The van der Waals surface area contributed by atoms with Gasteiger partial charge in [-0.05, 0) is 51.3 Å². The third-order valence-electron chi connectivity index (χ3n) is 6.32. The molecule has 1 aliphatic heterocycles. The second kappa shape index (κ2) is 12.3. The number of ether oxygens (including phenoxy) is 4. The summed E-state index contributed by atoms with van der Waals surface area (Å²) in [6.07, 6.45) is -0.0427. The van der Waals surface area contributed by atoms with Crippen molar-refractivity contribution in [1.82, 2.24) is 14.9 Å². The molecule has 3 atom stereocenters. The van der Waals surface area contributed by atoms with Crippen LogP contribution < -0.4 is 9.47 Å². The lowest BCUT2D eigenvalue weighted by Gasteiger charge is -2.29. The van der Waals surface area contributed by atoms with Crippen LogP contribution in [-0.2, 0) is 20.2 Å². The Hall–Kier alpha value is -3.50. The van der Waals surface area contributed by atoms with E-state index in [0.717, 1.165) is 0 Å². The number of hydrogen-bond acceptors (Lipinski definition) is 8. The van der Waals surface area contributed by atoms with Crippen molar-refractivity contribution in [3.05, 3.63) is 36.5 Å². The summed E-state index contributed by atoms with van der Waals surface area (Å²) >= 11 is 0. The number of hydrogen-bond donors (Lipinski definition) is 0. The largest absolute Gasteiger partial charge is 0.497 e. The number of allylic oxidation sites excluding steroid dienone is 1. The average Bonchev–Trinajstić information content (AvgIpc) is 3.23. The molecule has 0 radical (unpaired) electrons. The number of benzene rings is 1. The van der Waals surface area contributed by atoms with Crippen molar-refractivity contribution in [2.45, 2.75) is 78.1 Å². The number of methoxy groups -OCH3 is 1. The van der Waals surface area contributed by atoms with Crippen LogP contribution in [0.25, 0.3) is 11.0 Å². The standard InChI is InChI=1S/C29H39F2N3O6/c1-9-11-19-22(15-34(27(36)40-28(5,6)7)23(19)26(35)38-16-17(3)4)39-25-24(29(30,31)10-2)32-20-13-12-18(37-8)14-21(20)33-25/h10,12-14,17,19,22-23H,2,9,11,15-16H2,1,3-8H3. The molecule has 1 aromatic carbocycles. The van der Waals surface area contributed by atoms with E-state index in [2.05, 4.69) is 16.5 Å². The van der Waals surface area contributed by atoms with Crippen LogP contribution in [0.3, 0.4) is 0 Å². The van der Waals surface area contributed by atoms with E-state index in [4.69, 9.17) is 18.9 Å². The van der Waals surface area contributed by atoms with Gasteiger partial charge in [0.1, 0.15) is 23.5 Å². The number of esters is 1. The highest BCUT2D eigenvalue weighted by molar-refractivity contribution is 5.83. The van der Waals surface area contributed by atoms with Gasteiger partial charge in [-0.25, -0.2) is 19.6 Å². The quantitative estimate of drug-likeness (QED) is 0.260. The topological polar surface area (TPSA) is 100 Å². The molecule has 2 aromatic rings. The molecule has 1 fully saturated rings. The maximum absolute atomic E-state index is 15.0. The van der Waals surface area contributed by atoms with Gasteiger partial charge in [-0.2, -0.15) is 8.78 Å². The molecule has 0 bridgehead atoms. The van der Waals surface area contributed by atoms with Gasteiger partial charge in [0.25, 0.3) is 0 Å². The number of aromatic nitrogens is 2. The SMILES string of the molecule is C=CC(F)(F)c1nc2ccc(OC)cc2nc1OC1CN(C(=O)OC(C)(C)C)C(C(=O)OCC(C)C)C1CCC. The third-order valence-corrected chi connectivity index (χ3v) is 6.32. The first-order chi connectivity index (χ1) is 18.7. The number of nitrogens with zero attached hydrogens (tertiary/aromatic N) is 3. The Kier molecular flexibility index (Phi) is 9.58. The molecule has 9 nitrogen and oxygen atoms in total. The molecule has 2 heterocycles. The first kappa shape index (κ1) is 31.0. The van der Waals surface area contributed by atoms with Crippen molar-refractivity contribution in [2.75, 3.05) is 20.3 Å². The van der Waals surface area contributed by atoms with Gasteiger partial charge in [0.2, 0.25) is 5.88 Å². The second-order valence-corrected chi connectivity index (χ2v) is 11.3. The number of fused-ring (bicyclic) bond motifs is 1. The molecule has 1 aromatic heterocycles. The van der Waals surface area contributed by atoms with Gasteiger partial charge in [-0.15, -0.1) is 0 Å². The highest BCUT2D eigenvalue weighted by Gasteiger charge is 2.51. The number of amides is 1. The van der Waals surface area contributed by atoms with Gasteiger partial charge in [-0.1, -0.05) is 33.8 Å². The van der Waals surface area contributed by atoms with E-state index in [9.17, 15) is 9.59 Å². The first-order valence-electron chi connectivity index (χ1n) is 13.4. The highest BCUT2D eigenvalue weighted by Crippen LogP contribution is 2.39. The van der Waals surface area contributed by atoms with Gasteiger partial charge in [-0.3, -0.25) is 4.90 Å². The monoisotopic (exact) mass is 563 g/mol. The van der Waals surface area contributed by atoms with Crippen LogP contribution in [0.2, 0.25) is 0 Å². The second-order valence-electron chi connectivity index (χ2n) is 11.3. The van der Waals surface area contributed by atoms with Gasteiger partial charge < -0.3 is 18.9 Å². The molecule has 1 saturated heterocycles. The minimum atomic E-state index is -3.56. The third kappa shape index (κ3) is 7.17. The number of carbonyl (C=O) groups excluding carboxylic acids is 2. The maximum atomic E-state index is 15.0. The minimum absolute atomic E-state index is 0.0746. The van der Waals surface area contributed by atoms with Crippen LogP contribution in [0.1, 0.15) is 60.1 Å². The van der Waals surface area contributed by atoms with Crippen molar-refractivity contribution in [3.8, 4) is 11.6 Å². The summed E-state index contributed by atoms with van der Waals surface area (Å²) in [5.41, 5.74) is -1.05. The van der Waals surface area contributed by atoms with E-state index < -0.39 is 53.2 Å². The lowest BCUT2D eigenvalue weighted by Crippen LogP contribution is -2.46. The normalized spacial score (nSPS) is 19.6. The van der Waals surface area contributed by atoms with Crippen molar-refractivity contribution in [3.63, 3.8) is 0 Å². The first-order valence-corrected chi connectivity index (χ1v) is 13.4. The number of alkyl halides is 2. The van der Waals surface area contributed by atoms with E-state index in [1.165, 1.54) is 18.1 Å². The molecule has 3 unspecified atom stereocenters. The summed E-state index contributed by atoms with van der Waals surface area (Å²) in [4.78, 5) is 36.4. The van der Waals surface area contributed by atoms with Crippen LogP contribution in [0, 0.1) is 11.8 Å². The van der Waals surface area contributed by atoms with Gasteiger partial charge in [0.15, 0.2) is 5.69 Å². The van der Waals surface area contributed by atoms with Crippen LogP contribution in [0.4, 0.5) is 13.6 Å². The Bertz CT molecular complexity index is 1230. The van der Waals surface area contributed by atoms with Gasteiger partial charge in [0, 0.05) is 12.0 Å². The zero-order valence-corrected chi connectivity index (χ0v) is 24.2. The number of likely N-dealkylation sites (tertiary alicyclic amines) is 1. The van der Waals surface area contributed by atoms with Crippen LogP contribution in [0.15, 0.2) is 30.9 Å². The van der Waals surface area contributed by atoms with E-state index in [0.29, 0.717) is 24.7 Å². The van der Waals surface area contributed by atoms with Gasteiger partial charge >= 0.3 is 18.0 Å². The maximum Gasteiger partial charge on any atom is 0.411 e. The lowest BCUT2D eigenvalue weighted by molar-refractivity contribution is -0.151. The van der Waals surface area contributed by atoms with Crippen molar-refractivity contribution in [1.29, 1.82) is 0 Å². The molecule has 0 N–H and O–H groups in total. The van der Waals surface area contributed by atoms with Crippen LogP contribution in [0.5, 0.6) is 11.6 Å². The highest BCUT2D eigenvalue weighted by atomic mass is 19.3. The summed E-state index contributed by atoms with van der Waals surface area (Å²) in [5.74, 6) is -4.62. The Morgan fingerprint density at radius 2 is 1.90 bits per heavy atom.